The Morgan fingerprint density at radius 2 is 2.24 bits per heavy atom. The van der Waals surface area contributed by atoms with Gasteiger partial charge in [-0.15, -0.1) is 0 Å². The topological polar surface area (TPSA) is 37.8 Å². The van der Waals surface area contributed by atoms with Crippen LogP contribution in [0.5, 0.6) is 0 Å². The smallest absolute Gasteiger partial charge is 0.223 e. The van der Waals surface area contributed by atoms with Gasteiger partial charge < -0.3 is 5.32 Å². The van der Waals surface area contributed by atoms with Gasteiger partial charge in [-0.2, -0.15) is 0 Å². The Morgan fingerprint density at radius 3 is 2.94 bits per heavy atom. The summed E-state index contributed by atoms with van der Waals surface area (Å²) >= 11 is 4.75. The molecule has 0 saturated carbocycles. The van der Waals surface area contributed by atoms with E-state index < -0.39 is 0 Å². The summed E-state index contributed by atoms with van der Waals surface area (Å²) in [6, 6.07) is 6.39. The lowest BCUT2D eigenvalue weighted by molar-refractivity contribution is 0.624. The first-order valence-corrected chi connectivity index (χ1v) is 6.43. The summed E-state index contributed by atoms with van der Waals surface area (Å²) in [5.41, 5.74) is 0. The Labute approximate surface area is 111 Å². The molecule has 2 aromatic rings. The van der Waals surface area contributed by atoms with Gasteiger partial charge in [0, 0.05) is 18.1 Å². The van der Waals surface area contributed by atoms with E-state index in [1.54, 1.807) is 19.3 Å². The first-order valence-electron chi connectivity index (χ1n) is 4.83. The molecule has 0 aliphatic carbocycles. The molecule has 0 amide bonds. The standard InChI is InChI=1S/C11H9BrFN3S/c1-14-11-15-6-9(12)10(16-11)17-8-4-2-3-7(13)5-8/h2-6H,1H3,(H,14,15,16). The van der Waals surface area contributed by atoms with Crippen LogP contribution in [0.2, 0.25) is 0 Å². The Morgan fingerprint density at radius 1 is 1.41 bits per heavy atom. The highest BCUT2D eigenvalue weighted by Gasteiger charge is 2.07. The number of nitrogens with one attached hydrogen (secondary N) is 1. The quantitative estimate of drug-likeness (QED) is 0.879. The molecule has 17 heavy (non-hydrogen) atoms. The Hall–Kier alpha value is -1.14. The van der Waals surface area contributed by atoms with Crippen molar-refractivity contribution in [1.29, 1.82) is 0 Å². The molecule has 88 valence electrons. The van der Waals surface area contributed by atoms with E-state index in [-0.39, 0.29) is 5.82 Å². The molecule has 0 bridgehead atoms. The van der Waals surface area contributed by atoms with Crippen molar-refractivity contribution in [2.75, 3.05) is 12.4 Å². The molecular weight excluding hydrogens is 305 g/mol. The van der Waals surface area contributed by atoms with Crippen molar-refractivity contribution in [3.05, 3.63) is 40.8 Å². The van der Waals surface area contributed by atoms with Crippen molar-refractivity contribution < 1.29 is 4.39 Å². The van der Waals surface area contributed by atoms with Crippen LogP contribution in [0.1, 0.15) is 0 Å². The van der Waals surface area contributed by atoms with Crippen molar-refractivity contribution in [3.8, 4) is 0 Å². The van der Waals surface area contributed by atoms with Gasteiger partial charge in [0.1, 0.15) is 10.8 Å². The molecule has 0 unspecified atom stereocenters. The number of halogens is 2. The van der Waals surface area contributed by atoms with Gasteiger partial charge in [-0.1, -0.05) is 17.8 Å². The molecule has 1 aromatic carbocycles. The van der Waals surface area contributed by atoms with E-state index in [9.17, 15) is 4.39 Å². The summed E-state index contributed by atoms with van der Waals surface area (Å²) in [6.07, 6.45) is 1.67. The molecule has 0 fully saturated rings. The summed E-state index contributed by atoms with van der Waals surface area (Å²) in [5, 5.41) is 3.61. The predicted octanol–water partition coefficient (Wildman–Crippen LogP) is 3.57. The summed E-state index contributed by atoms with van der Waals surface area (Å²) in [7, 11) is 1.75. The number of nitrogens with zero attached hydrogens (tertiary/aromatic N) is 2. The average molecular weight is 314 g/mol. The number of anilines is 1. The van der Waals surface area contributed by atoms with Gasteiger partial charge in [0.25, 0.3) is 0 Å². The van der Waals surface area contributed by atoms with Crippen molar-refractivity contribution in [3.63, 3.8) is 0 Å². The van der Waals surface area contributed by atoms with Crippen molar-refractivity contribution in [2.45, 2.75) is 9.92 Å². The average Bonchev–Trinajstić information content (AvgIpc) is 2.32. The molecule has 0 aliphatic rings. The molecule has 0 saturated heterocycles. The zero-order valence-electron chi connectivity index (χ0n) is 8.95. The second-order valence-electron chi connectivity index (χ2n) is 3.16. The summed E-state index contributed by atoms with van der Waals surface area (Å²) in [5.74, 6) is 0.279. The van der Waals surface area contributed by atoms with Gasteiger partial charge in [-0.05, 0) is 34.1 Å². The third-order valence-corrected chi connectivity index (χ3v) is 3.78. The van der Waals surface area contributed by atoms with Crippen LogP contribution in [0.25, 0.3) is 0 Å². The molecule has 0 aliphatic heterocycles. The van der Waals surface area contributed by atoms with Gasteiger partial charge in [0.05, 0.1) is 4.47 Å². The van der Waals surface area contributed by atoms with Crippen LogP contribution >= 0.6 is 27.7 Å². The molecule has 1 aromatic heterocycles. The maximum Gasteiger partial charge on any atom is 0.223 e. The van der Waals surface area contributed by atoms with Crippen LogP contribution in [-0.4, -0.2) is 17.0 Å². The minimum Gasteiger partial charge on any atom is -0.357 e. The van der Waals surface area contributed by atoms with E-state index in [0.717, 1.165) is 14.4 Å². The molecule has 0 radical (unpaired) electrons. The Balaban J connectivity index is 2.29. The highest BCUT2D eigenvalue weighted by atomic mass is 79.9. The number of aromatic nitrogens is 2. The van der Waals surface area contributed by atoms with Crippen LogP contribution in [0, 0.1) is 5.82 Å². The van der Waals surface area contributed by atoms with Gasteiger partial charge >= 0.3 is 0 Å². The van der Waals surface area contributed by atoms with E-state index in [2.05, 4.69) is 31.2 Å². The van der Waals surface area contributed by atoms with Crippen LogP contribution in [0.4, 0.5) is 10.3 Å². The number of rotatable bonds is 3. The first kappa shape index (κ1) is 12.3. The summed E-state index contributed by atoms with van der Waals surface area (Å²) in [6.45, 7) is 0. The van der Waals surface area contributed by atoms with Crippen LogP contribution in [0.3, 0.4) is 0 Å². The van der Waals surface area contributed by atoms with Crippen LogP contribution in [-0.2, 0) is 0 Å². The fraction of sp³-hybridized carbons (Fsp3) is 0.0909. The van der Waals surface area contributed by atoms with E-state index in [1.807, 2.05) is 6.07 Å². The van der Waals surface area contributed by atoms with Crippen molar-refractivity contribution in [2.24, 2.45) is 0 Å². The lowest BCUT2D eigenvalue weighted by atomic mass is 10.4. The lowest BCUT2D eigenvalue weighted by Crippen LogP contribution is -1.97. The number of benzene rings is 1. The predicted molar refractivity (Wildman–Crippen MR) is 69.8 cm³/mol. The maximum absolute atomic E-state index is 13.0. The highest BCUT2D eigenvalue weighted by Crippen LogP contribution is 2.32. The molecule has 0 atom stereocenters. The number of hydrogen-bond donors (Lipinski definition) is 1. The van der Waals surface area contributed by atoms with Crippen LogP contribution in [0.15, 0.2) is 44.9 Å². The Kier molecular flexibility index (Phi) is 3.96. The van der Waals surface area contributed by atoms with E-state index in [1.165, 1.54) is 23.9 Å². The third-order valence-electron chi connectivity index (χ3n) is 1.95. The second-order valence-corrected chi connectivity index (χ2v) is 5.07. The zero-order chi connectivity index (χ0) is 12.3. The van der Waals surface area contributed by atoms with Crippen molar-refractivity contribution in [1.82, 2.24) is 9.97 Å². The van der Waals surface area contributed by atoms with Crippen molar-refractivity contribution >= 4 is 33.6 Å². The molecule has 0 spiro atoms. The first-order chi connectivity index (χ1) is 8.19. The fourth-order valence-corrected chi connectivity index (χ4v) is 2.44. The third kappa shape index (κ3) is 3.17. The summed E-state index contributed by atoms with van der Waals surface area (Å²) < 4.78 is 13.8. The minimum absolute atomic E-state index is 0.256. The fourth-order valence-electron chi connectivity index (χ4n) is 1.19. The maximum atomic E-state index is 13.0. The number of hydrogen-bond acceptors (Lipinski definition) is 4. The molecule has 2 rings (SSSR count). The van der Waals surface area contributed by atoms with Crippen LogP contribution < -0.4 is 5.32 Å². The molecule has 1 N–H and O–H groups in total. The molecule has 1 heterocycles. The van der Waals surface area contributed by atoms with Gasteiger partial charge in [-0.25, -0.2) is 14.4 Å². The normalized spacial score (nSPS) is 10.3. The highest BCUT2D eigenvalue weighted by molar-refractivity contribution is 9.10. The SMILES string of the molecule is CNc1ncc(Br)c(Sc2cccc(F)c2)n1. The van der Waals surface area contributed by atoms with Gasteiger partial charge in [-0.3, -0.25) is 0 Å². The van der Waals surface area contributed by atoms with Gasteiger partial charge in [0.15, 0.2) is 0 Å². The monoisotopic (exact) mass is 313 g/mol. The summed E-state index contributed by atoms with van der Waals surface area (Å²) in [4.78, 5) is 9.14. The molecule has 6 heteroatoms. The second kappa shape index (κ2) is 5.46. The molecule has 3 nitrogen and oxygen atoms in total. The van der Waals surface area contributed by atoms with Gasteiger partial charge in [0.2, 0.25) is 5.95 Å². The van der Waals surface area contributed by atoms with E-state index >= 15 is 0 Å². The molecular formula is C11H9BrFN3S. The lowest BCUT2D eigenvalue weighted by Gasteiger charge is -2.05. The van der Waals surface area contributed by atoms with E-state index in [0.29, 0.717) is 5.95 Å². The minimum atomic E-state index is -0.256. The zero-order valence-corrected chi connectivity index (χ0v) is 11.3. The largest absolute Gasteiger partial charge is 0.357 e. The van der Waals surface area contributed by atoms with E-state index in [4.69, 9.17) is 0 Å². The Bertz CT molecular complexity index is 536.